The van der Waals surface area contributed by atoms with Gasteiger partial charge in [0.15, 0.2) is 0 Å². The van der Waals surface area contributed by atoms with Gasteiger partial charge in [-0.25, -0.2) is 4.79 Å². The number of carboxylic acids is 1. The van der Waals surface area contributed by atoms with Crippen LogP contribution in [0.15, 0.2) is 10.2 Å². The monoisotopic (exact) mass is 316 g/mol. The maximum atomic E-state index is 9.45. The van der Waals surface area contributed by atoms with Gasteiger partial charge in [-0.2, -0.15) is 5.10 Å². The third-order valence-corrected chi connectivity index (χ3v) is 2.80. The van der Waals surface area contributed by atoms with Crippen LogP contribution in [0.4, 0.5) is 0 Å². The van der Waals surface area contributed by atoms with E-state index in [1.807, 2.05) is 0 Å². The molecule has 22 heavy (non-hydrogen) atoms. The van der Waals surface area contributed by atoms with Crippen LogP contribution in [0.2, 0.25) is 0 Å². The average molecular weight is 316 g/mol. The van der Waals surface area contributed by atoms with Gasteiger partial charge in [-0.1, -0.05) is 51.9 Å². The Labute approximate surface area is 133 Å². The summed E-state index contributed by atoms with van der Waals surface area (Å²) < 4.78 is 0. The second-order valence-corrected chi connectivity index (χ2v) is 5.10. The number of guanidine groups is 1. The molecule has 0 saturated carbocycles. The van der Waals surface area contributed by atoms with Crippen LogP contribution in [-0.4, -0.2) is 34.5 Å². The lowest BCUT2D eigenvalue weighted by molar-refractivity contribution is -0.145. The molecule has 130 valence electrons. The van der Waals surface area contributed by atoms with E-state index in [0.29, 0.717) is 0 Å². The Balaban J connectivity index is 0. The second-order valence-electron chi connectivity index (χ2n) is 5.10. The van der Waals surface area contributed by atoms with Gasteiger partial charge in [0.1, 0.15) is 6.10 Å². The van der Waals surface area contributed by atoms with Crippen molar-refractivity contribution in [3.63, 3.8) is 0 Å². The van der Waals surface area contributed by atoms with E-state index >= 15 is 0 Å². The summed E-state index contributed by atoms with van der Waals surface area (Å²) in [6.07, 6.45) is 12.1. The first-order valence-electron chi connectivity index (χ1n) is 7.93. The van der Waals surface area contributed by atoms with Crippen molar-refractivity contribution in [2.75, 3.05) is 0 Å². The zero-order valence-electron chi connectivity index (χ0n) is 13.9. The number of carboxylic acid groups (broad SMARTS) is 1. The smallest absolute Gasteiger partial charge is 0.332 e. The first-order valence-corrected chi connectivity index (χ1v) is 7.93. The Hall–Kier alpha value is -1.63. The molecule has 0 aromatic rings. The van der Waals surface area contributed by atoms with E-state index < -0.39 is 12.1 Å². The minimum atomic E-state index is -1.23. The van der Waals surface area contributed by atoms with E-state index in [9.17, 15) is 4.79 Å². The fourth-order valence-corrected chi connectivity index (χ4v) is 1.53. The van der Waals surface area contributed by atoms with E-state index in [1.54, 1.807) is 6.21 Å². The maximum Gasteiger partial charge on any atom is 0.332 e. The van der Waals surface area contributed by atoms with Crippen molar-refractivity contribution in [3.8, 4) is 0 Å². The van der Waals surface area contributed by atoms with Gasteiger partial charge >= 0.3 is 5.97 Å². The quantitative estimate of drug-likeness (QED) is 0.201. The Morgan fingerprint density at radius 1 is 1.09 bits per heavy atom. The zero-order valence-corrected chi connectivity index (χ0v) is 13.9. The Morgan fingerprint density at radius 3 is 1.95 bits per heavy atom. The van der Waals surface area contributed by atoms with Gasteiger partial charge in [0, 0.05) is 6.21 Å². The number of aliphatic carboxylic acids is 1. The topological polar surface area (TPSA) is 134 Å². The molecule has 0 radical (unpaired) electrons. The highest BCUT2D eigenvalue weighted by Gasteiger charge is 2.01. The zero-order chi connectivity index (χ0) is 17.2. The van der Waals surface area contributed by atoms with Crippen LogP contribution >= 0.6 is 0 Å². The average Bonchev–Trinajstić information content (AvgIpc) is 2.45. The van der Waals surface area contributed by atoms with Crippen LogP contribution in [0.25, 0.3) is 0 Å². The van der Waals surface area contributed by atoms with Crippen molar-refractivity contribution in [2.24, 2.45) is 21.7 Å². The lowest BCUT2D eigenvalue weighted by Crippen LogP contribution is -2.21. The number of hydrogen-bond acceptors (Lipinski definition) is 4. The highest BCUT2D eigenvalue weighted by molar-refractivity contribution is 5.76. The van der Waals surface area contributed by atoms with E-state index in [2.05, 4.69) is 17.1 Å². The summed E-state index contributed by atoms with van der Waals surface area (Å²) in [6.45, 7) is 3.44. The van der Waals surface area contributed by atoms with Gasteiger partial charge in [0.05, 0.1) is 0 Å². The molecule has 7 nitrogen and oxygen atoms in total. The molecular weight excluding hydrogens is 284 g/mol. The molecule has 0 bridgehead atoms. The number of aliphatic hydroxyl groups is 1. The van der Waals surface area contributed by atoms with Gasteiger partial charge < -0.3 is 21.7 Å². The highest BCUT2D eigenvalue weighted by Crippen LogP contribution is 2.08. The van der Waals surface area contributed by atoms with Crippen molar-refractivity contribution in [1.82, 2.24) is 0 Å². The summed E-state index contributed by atoms with van der Waals surface area (Å²) in [5.41, 5.74) is 10.3. The molecule has 0 saturated heterocycles. The second kappa shape index (κ2) is 17.4. The van der Waals surface area contributed by atoms with Gasteiger partial charge in [-0.3, -0.25) is 0 Å². The summed E-state index contributed by atoms with van der Waals surface area (Å²) >= 11 is 0. The minimum Gasteiger partial charge on any atom is -0.479 e. The molecule has 0 aromatic carbocycles. The third-order valence-electron chi connectivity index (χ3n) is 2.80. The highest BCUT2D eigenvalue weighted by atomic mass is 16.4. The van der Waals surface area contributed by atoms with Crippen molar-refractivity contribution in [2.45, 2.75) is 77.7 Å². The summed E-state index contributed by atoms with van der Waals surface area (Å²) in [5.74, 6) is -1.16. The molecule has 6 N–H and O–H groups in total. The molecular formula is C15H32N4O3. The third kappa shape index (κ3) is 23.5. The van der Waals surface area contributed by atoms with E-state index in [4.69, 9.17) is 21.7 Å². The first-order chi connectivity index (χ1) is 10.4. The predicted octanol–water partition coefficient (Wildman–Crippen LogP) is 2.23. The van der Waals surface area contributed by atoms with Crippen LogP contribution in [0, 0.1) is 0 Å². The van der Waals surface area contributed by atoms with Gasteiger partial charge in [0.2, 0.25) is 5.96 Å². The minimum absolute atomic E-state index is 0.0205. The van der Waals surface area contributed by atoms with Gasteiger partial charge in [-0.15, -0.1) is 5.10 Å². The fourth-order valence-electron chi connectivity index (χ4n) is 1.53. The molecule has 0 aliphatic rings. The fraction of sp³-hybridized carbons (Fsp3) is 0.800. The van der Waals surface area contributed by atoms with Gasteiger partial charge in [0.25, 0.3) is 0 Å². The number of rotatable bonds is 11. The molecule has 0 fully saturated rings. The van der Waals surface area contributed by atoms with Crippen LogP contribution in [0.1, 0.15) is 71.6 Å². The van der Waals surface area contributed by atoms with Crippen molar-refractivity contribution in [1.29, 1.82) is 0 Å². The first kappa shape index (κ1) is 22.6. The van der Waals surface area contributed by atoms with Crippen LogP contribution < -0.4 is 11.5 Å². The molecule has 0 rings (SSSR count). The number of nitrogens with zero attached hydrogens (tertiary/aromatic N) is 2. The predicted molar refractivity (Wildman–Crippen MR) is 90.8 cm³/mol. The lowest BCUT2D eigenvalue weighted by atomic mass is 10.1. The van der Waals surface area contributed by atoms with E-state index in [1.165, 1.54) is 58.3 Å². The maximum absolute atomic E-state index is 9.45. The summed E-state index contributed by atoms with van der Waals surface area (Å²) in [4.78, 5) is 9.45. The number of unbranched alkanes of at least 4 members (excludes halogenated alkanes) is 8. The van der Waals surface area contributed by atoms with Crippen molar-refractivity contribution in [3.05, 3.63) is 0 Å². The van der Waals surface area contributed by atoms with Crippen LogP contribution in [0.3, 0.4) is 0 Å². The molecule has 0 aliphatic carbocycles. The molecule has 0 heterocycles. The summed E-state index contributed by atoms with van der Waals surface area (Å²) in [5, 5.41) is 23.0. The summed E-state index contributed by atoms with van der Waals surface area (Å²) in [6, 6.07) is 0. The van der Waals surface area contributed by atoms with Crippen molar-refractivity contribution < 1.29 is 15.0 Å². The SMILES string of the molecule is CC(O)C(=O)O.CCCCCCCCCC/C=N/N=C(N)N. The molecule has 7 heteroatoms. The Bertz CT molecular complexity index is 314. The largest absolute Gasteiger partial charge is 0.479 e. The van der Waals surface area contributed by atoms with Crippen molar-refractivity contribution >= 4 is 18.1 Å². The molecule has 0 aliphatic heterocycles. The summed E-state index contributed by atoms with van der Waals surface area (Å²) in [7, 11) is 0. The molecule has 1 atom stereocenters. The molecule has 0 spiro atoms. The van der Waals surface area contributed by atoms with E-state index in [-0.39, 0.29) is 5.96 Å². The number of hydrogen-bond donors (Lipinski definition) is 4. The van der Waals surface area contributed by atoms with E-state index in [0.717, 1.165) is 6.42 Å². The lowest BCUT2D eigenvalue weighted by Gasteiger charge is -1.99. The Morgan fingerprint density at radius 2 is 1.55 bits per heavy atom. The molecule has 0 aromatic heterocycles. The standard InChI is InChI=1S/C12H26N4.C3H6O3/c1-2-3-4-5-6-7-8-9-10-11-15-16-12(13)14;1-2(4)3(5)6/h11H,2-10H2,1H3,(H4,13,14,16);2,4H,1H3,(H,5,6)/b15-11+;. The number of carbonyl (C=O) groups is 1. The molecule has 1 unspecified atom stereocenters. The number of nitrogens with two attached hydrogens (primary N) is 2. The normalized spacial score (nSPS) is 11.6. The van der Waals surface area contributed by atoms with Crippen LogP contribution in [0.5, 0.6) is 0 Å². The Kier molecular flexibility index (Phi) is 17.9. The molecule has 0 amide bonds. The van der Waals surface area contributed by atoms with Crippen LogP contribution in [-0.2, 0) is 4.79 Å². The number of aliphatic hydroxyl groups excluding tert-OH is 1. The van der Waals surface area contributed by atoms with Gasteiger partial charge in [-0.05, 0) is 19.8 Å².